The van der Waals surface area contributed by atoms with Crippen LogP contribution in [0.5, 0.6) is 0 Å². The SMILES string of the molecule is CC(CC(NN)c1cc2cccc(F)c2o1)C(C)(C)C. The second-order valence-corrected chi connectivity index (χ2v) is 6.53. The lowest BCUT2D eigenvalue weighted by Crippen LogP contribution is -2.31. The number of furan rings is 1. The molecular formula is C16H23FN2O. The van der Waals surface area contributed by atoms with Crippen LogP contribution in [-0.2, 0) is 0 Å². The van der Waals surface area contributed by atoms with E-state index in [1.165, 1.54) is 6.07 Å². The molecular weight excluding hydrogens is 255 g/mol. The van der Waals surface area contributed by atoms with E-state index >= 15 is 0 Å². The Bertz CT molecular complexity index is 586. The van der Waals surface area contributed by atoms with Crippen LogP contribution in [-0.4, -0.2) is 0 Å². The van der Waals surface area contributed by atoms with E-state index in [4.69, 9.17) is 10.3 Å². The maximum atomic E-state index is 13.7. The zero-order valence-electron chi connectivity index (χ0n) is 12.5. The lowest BCUT2D eigenvalue weighted by atomic mass is 9.78. The monoisotopic (exact) mass is 278 g/mol. The predicted molar refractivity (Wildman–Crippen MR) is 79.5 cm³/mol. The van der Waals surface area contributed by atoms with Crippen molar-refractivity contribution in [2.24, 2.45) is 17.2 Å². The van der Waals surface area contributed by atoms with Gasteiger partial charge in [0.25, 0.3) is 0 Å². The van der Waals surface area contributed by atoms with Crippen LogP contribution < -0.4 is 11.3 Å². The van der Waals surface area contributed by atoms with Crippen LogP contribution in [0.25, 0.3) is 11.0 Å². The van der Waals surface area contributed by atoms with Gasteiger partial charge in [0.1, 0.15) is 5.76 Å². The summed E-state index contributed by atoms with van der Waals surface area (Å²) in [6.07, 6.45) is 0.835. The van der Waals surface area contributed by atoms with Crippen LogP contribution in [0.15, 0.2) is 28.7 Å². The summed E-state index contributed by atoms with van der Waals surface area (Å²) in [5.74, 6) is 6.44. The Kier molecular flexibility index (Phi) is 4.16. The zero-order valence-corrected chi connectivity index (χ0v) is 12.5. The molecule has 2 rings (SSSR count). The van der Waals surface area contributed by atoms with E-state index < -0.39 is 0 Å². The highest BCUT2D eigenvalue weighted by molar-refractivity contribution is 5.78. The molecule has 1 aromatic carbocycles. The van der Waals surface area contributed by atoms with Crippen molar-refractivity contribution < 1.29 is 8.81 Å². The van der Waals surface area contributed by atoms with Gasteiger partial charge in [-0.15, -0.1) is 0 Å². The molecule has 2 atom stereocenters. The van der Waals surface area contributed by atoms with E-state index in [2.05, 4.69) is 33.1 Å². The minimum Gasteiger partial charge on any atom is -0.456 e. The van der Waals surface area contributed by atoms with Gasteiger partial charge < -0.3 is 4.42 Å². The highest BCUT2D eigenvalue weighted by atomic mass is 19.1. The number of nitrogens with one attached hydrogen (secondary N) is 1. The molecule has 0 saturated heterocycles. The first kappa shape index (κ1) is 15.0. The summed E-state index contributed by atoms with van der Waals surface area (Å²) >= 11 is 0. The highest BCUT2D eigenvalue weighted by Crippen LogP contribution is 2.35. The van der Waals surface area contributed by atoms with Crippen LogP contribution in [0.3, 0.4) is 0 Å². The number of halogens is 1. The molecule has 0 aliphatic rings. The second kappa shape index (κ2) is 5.54. The molecule has 20 heavy (non-hydrogen) atoms. The third-order valence-corrected chi connectivity index (χ3v) is 4.13. The second-order valence-electron chi connectivity index (χ2n) is 6.53. The van der Waals surface area contributed by atoms with Gasteiger partial charge in [0, 0.05) is 5.39 Å². The smallest absolute Gasteiger partial charge is 0.169 e. The van der Waals surface area contributed by atoms with Crippen LogP contribution in [0.4, 0.5) is 4.39 Å². The van der Waals surface area contributed by atoms with E-state index in [9.17, 15) is 4.39 Å². The number of hydrogen-bond acceptors (Lipinski definition) is 3. The Hall–Kier alpha value is -1.39. The topological polar surface area (TPSA) is 51.2 Å². The molecule has 2 aromatic rings. The molecule has 1 aromatic heterocycles. The van der Waals surface area contributed by atoms with Crippen LogP contribution in [0, 0.1) is 17.2 Å². The molecule has 1 heterocycles. The van der Waals surface area contributed by atoms with Gasteiger partial charge in [-0.05, 0) is 29.9 Å². The van der Waals surface area contributed by atoms with E-state index in [-0.39, 0.29) is 17.3 Å². The molecule has 3 nitrogen and oxygen atoms in total. The number of nitrogens with two attached hydrogens (primary N) is 1. The number of fused-ring (bicyclic) bond motifs is 1. The predicted octanol–water partition coefficient (Wildman–Crippen LogP) is 4.15. The lowest BCUT2D eigenvalue weighted by molar-refractivity contribution is 0.215. The van der Waals surface area contributed by atoms with Crippen LogP contribution >= 0.6 is 0 Å². The van der Waals surface area contributed by atoms with E-state index in [1.807, 2.05) is 12.1 Å². The molecule has 4 heteroatoms. The van der Waals surface area contributed by atoms with Gasteiger partial charge in [0.15, 0.2) is 11.4 Å². The molecule has 0 amide bonds. The molecule has 2 unspecified atom stereocenters. The molecule has 110 valence electrons. The Balaban J connectivity index is 2.28. The van der Waals surface area contributed by atoms with E-state index in [0.717, 1.165) is 11.8 Å². The lowest BCUT2D eigenvalue weighted by Gasteiger charge is -2.29. The number of hydrogen-bond donors (Lipinski definition) is 2. The standard InChI is InChI=1S/C16H23FN2O/c1-10(16(2,3)4)8-13(19-18)14-9-11-6-5-7-12(17)15(11)20-14/h5-7,9-10,13,19H,8,18H2,1-4H3. The number of benzene rings is 1. The van der Waals surface area contributed by atoms with Crippen molar-refractivity contribution in [1.82, 2.24) is 5.43 Å². The molecule has 0 bridgehead atoms. The van der Waals surface area contributed by atoms with Gasteiger partial charge in [-0.3, -0.25) is 5.84 Å². The Labute approximate surface area is 119 Å². The Morgan fingerprint density at radius 3 is 2.60 bits per heavy atom. The van der Waals surface area contributed by atoms with Crippen molar-refractivity contribution in [2.45, 2.75) is 40.2 Å². The summed E-state index contributed by atoms with van der Waals surface area (Å²) < 4.78 is 19.3. The van der Waals surface area contributed by atoms with Crippen molar-refractivity contribution in [3.05, 3.63) is 35.8 Å². The molecule has 3 N–H and O–H groups in total. The fourth-order valence-electron chi connectivity index (χ4n) is 2.19. The summed E-state index contributed by atoms with van der Waals surface area (Å²) in [6, 6.07) is 6.67. The van der Waals surface area contributed by atoms with Gasteiger partial charge >= 0.3 is 0 Å². The normalized spacial score (nSPS) is 15.5. The number of para-hydroxylation sites is 1. The fourth-order valence-corrected chi connectivity index (χ4v) is 2.19. The number of hydrazine groups is 1. The van der Waals surface area contributed by atoms with Crippen molar-refractivity contribution in [2.75, 3.05) is 0 Å². The summed E-state index contributed by atoms with van der Waals surface area (Å²) in [5.41, 5.74) is 3.27. The molecule has 0 radical (unpaired) electrons. The first-order valence-electron chi connectivity index (χ1n) is 6.97. The van der Waals surface area contributed by atoms with Gasteiger partial charge in [0.2, 0.25) is 0 Å². The first-order valence-corrected chi connectivity index (χ1v) is 6.97. The minimum atomic E-state index is -0.339. The Morgan fingerprint density at radius 1 is 1.35 bits per heavy atom. The van der Waals surface area contributed by atoms with E-state index in [1.54, 1.807) is 6.07 Å². The maximum Gasteiger partial charge on any atom is 0.169 e. The molecule has 0 fully saturated rings. The maximum absolute atomic E-state index is 13.7. The summed E-state index contributed by atoms with van der Waals surface area (Å²) in [7, 11) is 0. The quantitative estimate of drug-likeness (QED) is 0.652. The average molecular weight is 278 g/mol. The van der Waals surface area contributed by atoms with Gasteiger partial charge in [-0.2, -0.15) is 0 Å². The minimum absolute atomic E-state index is 0.115. The third kappa shape index (κ3) is 3.02. The molecule has 0 aliphatic heterocycles. The van der Waals surface area contributed by atoms with Crippen molar-refractivity contribution >= 4 is 11.0 Å². The fraction of sp³-hybridized carbons (Fsp3) is 0.500. The van der Waals surface area contributed by atoms with Gasteiger partial charge in [-0.25, -0.2) is 9.82 Å². The van der Waals surface area contributed by atoms with E-state index in [0.29, 0.717) is 17.3 Å². The van der Waals surface area contributed by atoms with Gasteiger partial charge in [0.05, 0.1) is 6.04 Å². The number of rotatable bonds is 4. The van der Waals surface area contributed by atoms with Crippen LogP contribution in [0.2, 0.25) is 0 Å². The molecule has 0 saturated carbocycles. The largest absolute Gasteiger partial charge is 0.456 e. The first-order chi connectivity index (χ1) is 9.32. The zero-order chi connectivity index (χ0) is 14.9. The third-order valence-electron chi connectivity index (χ3n) is 4.13. The highest BCUT2D eigenvalue weighted by Gasteiger charge is 2.26. The Morgan fingerprint density at radius 2 is 2.05 bits per heavy atom. The average Bonchev–Trinajstić information content (AvgIpc) is 2.79. The van der Waals surface area contributed by atoms with Gasteiger partial charge in [-0.1, -0.05) is 39.8 Å². The summed E-state index contributed by atoms with van der Waals surface area (Å²) in [6.45, 7) is 8.78. The van der Waals surface area contributed by atoms with Crippen LogP contribution in [0.1, 0.15) is 45.9 Å². The van der Waals surface area contributed by atoms with Crippen molar-refractivity contribution in [1.29, 1.82) is 0 Å². The summed E-state index contributed by atoms with van der Waals surface area (Å²) in [5, 5.41) is 0.767. The van der Waals surface area contributed by atoms with Crippen molar-refractivity contribution in [3.63, 3.8) is 0 Å². The summed E-state index contributed by atoms with van der Waals surface area (Å²) in [4.78, 5) is 0. The molecule has 0 spiro atoms. The molecule has 0 aliphatic carbocycles. The van der Waals surface area contributed by atoms with Crippen molar-refractivity contribution in [3.8, 4) is 0 Å².